The van der Waals surface area contributed by atoms with Crippen LogP contribution in [0.3, 0.4) is 0 Å². The lowest BCUT2D eigenvalue weighted by atomic mass is 10.1. The number of nitro groups is 1. The first-order chi connectivity index (χ1) is 14.1. The van der Waals surface area contributed by atoms with Gasteiger partial charge >= 0.3 is 6.18 Å². The van der Waals surface area contributed by atoms with E-state index in [0.717, 1.165) is 30.6 Å². The third kappa shape index (κ3) is 4.29. The van der Waals surface area contributed by atoms with E-state index in [-0.39, 0.29) is 34.1 Å². The summed E-state index contributed by atoms with van der Waals surface area (Å²) in [6, 6.07) is 3.98. The second kappa shape index (κ2) is 7.69. The zero-order valence-electron chi connectivity index (χ0n) is 15.1. The molecule has 2 heterocycles. The van der Waals surface area contributed by atoms with E-state index in [1.807, 2.05) is 0 Å². The molecule has 1 amide bonds. The van der Waals surface area contributed by atoms with Crippen molar-refractivity contribution in [1.29, 1.82) is 0 Å². The van der Waals surface area contributed by atoms with E-state index in [0.29, 0.717) is 0 Å². The number of carbonyl (C=O) groups is 1. The Morgan fingerprint density at radius 3 is 2.63 bits per heavy atom. The van der Waals surface area contributed by atoms with E-state index in [1.54, 1.807) is 0 Å². The molecule has 1 aromatic carbocycles. The maximum atomic E-state index is 13.6. The van der Waals surface area contributed by atoms with Crippen molar-refractivity contribution in [3.05, 3.63) is 58.0 Å². The van der Waals surface area contributed by atoms with Crippen molar-refractivity contribution in [3.63, 3.8) is 0 Å². The normalized spacial score (nSPS) is 12.1. The Morgan fingerprint density at radius 1 is 1.27 bits per heavy atom. The molecule has 0 aliphatic rings. The molecule has 0 atom stereocenters. The number of amides is 1. The largest absolute Gasteiger partial charge is 0.455 e. The maximum absolute atomic E-state index is 13.6. The summed E-state index contributed by atoms with van der Waals surface area (Å²) in [5, 5.41) is 12.8. The molecule has 0 unspecified atom stereocenters. The van der Waals surface area contributed by atoms with Gasteiger partial charge in [0, 0.05) is 18.5 Å². The van der Waals surface area contributed by atoms with Crippen molar-refractivity contribution in [1.82, 2.24) is 15.3 Å². The summed E-state index contributed by atoms with van der Waals surface area (Å²) in [6.45, 7) is 0. The fourth-order valence-electron chi connectivity index (χ4n) is 2.57. The number of halogens is 3. The molecule has 3 aromatic rings. The van der Waals surface area contributed by atoms with Gasteiger partial charge in [0.1, 0.15) is 17.6 Å². The lowest BCUT2D eigenvalue weighted by Crippen LogP contribution is -2.36. The van der Waals surface area contributed by atoms with Gasteiger partial charge in [0.2, 0.25) is 0 Å². The van der Waals surface area contributed by atoms with Gasteiger partial charge in [0.05, 0.1) is 28.3 Å². The van der Waals surface area contributed by atoms with Gasteiger partial charge in [-0.1, -0.05) is 0 Å². The number of aromatic amines is 1. The van der Waals surface area contributed by atoms with Crippen LogP contribution < -0.4 is 15.8 Å². The minimum atomic E-state index is -4.77. The highest BCUT2D eigenvalue weighted by atomic mass is 19.4. The number of H-pyrrole nitrogens is 1. The highest BCUT2D eigenvalue weighted by Gasteiger charge is 2.34. The highest BCUT2D eigenvalue weighted by Crippen LogP contribution is 2.39. The third-order valence-electron chi connectivity index (χ3n) is 3.89. The number of guanidine groups is 1. The molecule has 0 saturated carbocycles. The van der Waals surface area contributed by atoms with Crippen LogP contribution in [0.25, 0.3) is 10.9 Å². The van der Waals surface area contributed by atoms with E-state index in [1.165, 1.54) is 13.1 Å². The SMILES string of the molecule is CN=C(N)NC(=O)c1cc2c(C(F)(F)F)cc(Oc3cncc([N+](=O)[O-])c3)cc2[nH]1. The quantitative estimate of drug-likeness (QED) is 0.255. The molecule has 0 saturated heterocycles. The van der Waals surface area contributed by atoms with Gasteiger partial charge in [-0.25, -0.2) is 0 Å². The number of rotatable bonds is 4. The Kier molecular flexibility index (Phi) is 5.27. The first-order valence-electron chi connectivity index (χ1n) is 8.13. The molecule has 2 aromatic heterocycles. The van der Waals surface area contributed by atoms with E-state index in [2.05, 4.69) is 20.3 Å². The Bertz CT molecular complexity index is 1170. The lowest BCUT2D eigenvalue weighted by Gasteiger charge is -2.11. The topological polar surface area (TPSA) is 149 Å². The van der Waals surface area contributed by atoms with Crippen LogP contribution in [0.5, 0.6) is 11.5 Å². The molecular formula is C17H13F3N6O4. The van der Waals surface area contributed by atoms with Gasteiger partial charge in [-0.05, 0) is 12.1 Å². The number of nitrogens with zero attached hydrogens (tertiary/aromatic N) is 3. The summed E-state index contributed by atoms with van der Waals surface area (Å²) in [4.78, 5) is 32.0. The van der Waals surface area contributed by atoms with Crippen molar-refractivity contribution in [2.24, 2.45) is 10.7 Å². The van der Waals surface area contributed by atoms with Crippen LogP contribution in [0, 0.1) is 10.1 Å². The van der Waals surface area contributed by atoms with Crippen LogP contribution in [0.2, 0.25) is 0 Å². The Labute approximate surface area is 165 Å². The standard InChI is InChI=1S/C17H13F3N6O4/c1-22-16(21)25-15(27)14-5-11-12(17(18,19)20)3-9(4-13(11)24-14)30-10-2-8(26(28)29)6-23-7-10/h2-7,24H,1H3,(H3,21,22,25,27). The lowest BCUT2D eigenvalue weighted by molar-refractivity contribution is -0.385. The van der Waals surface area contributed by atoms with Crippen LogP contribution in [-0.4, -0.2) is 33.8 Å². The third-order valence-corrected chi connectivity index (χ3v) is 3.89. The highest BCUT2D eigenvalue weighted by molar-refractivity contribution is 6.07. The fourth-order valence-corrected chi connectivity index (χ4v) is 2.57. The van der Waals surface area contributed by atoms with E-state index >= 15 is 0 Å². The zero-order chi connectivity index (χ0) is 22.1. The summed E-state index contributed by atoms with van der Waals surface area (Å²) >= 11 is 0. The van der Waals surface area contributed by atoms with Gasteiger partial charge in [-0.15, -0.1) is 0 Å². The molecule has 3 rings (SSSR count). The molecule has 156 valence electrons. The average Bonchev–Trinajstić information content (AvgIpc) is 3.10. The molecule has 0 aliphatic carbocycles. The van der Waals surface area contributed by atoms with E-state index < -0.39 is 28.3 Å². The number of fused-ring (bicyclic) bond motifs is 1. The minimum Gasteiger partial charge on any atom is -0.455 e. The van der Waals surface area contributed by atoms with Crippen LogP contribution >= 0.6 is 0 Å². The van der Waals surface area contributed by atoms with Gasteiger partial charge in [0.25, 0.3) is 11.6 Å². The number of alkyl halides is 3. The predicted molar refractivity (Wildman–Crippen MR) is 99.3 cm³/mol. The molecule has 0 aliphatic heterocycles. The number of aliphatic imine (C=N–C) groups is 1. The van der Waals surface area contributed by atoms with Gasteiger partial charge < -0.3 is 15.5 Å². The predicted octanol–water partition coefficient (Wildman–Crippen LogP) is 2.96. The summed E-state index contributed by atoms with van der Waals surface area (Å²) in [5.74, 6) is -1.39. The molecule has 0 fully saturated rings. The van der Waals surface area contributed by atoms with Crippen LogP contribution in [0.4, 0.5) is 18.9 Å². The fraction of sp³-hybridized carbons (Fsp3) is 0.118. The number of ether oxygens (including phenoxy) is 1. The smallest absolute Gasteiger partial charge is 0.417 e. The number of carbonyl (C=O) groups excluding carboxylic acids is 1. The summed E-state index contributed by atoms with van der Waals surface area (Å²) in [5.41, 5.74) is 3.71. The average molecular weight is 422 g/mol. The van der Waals surface area contributed by atoms with Crippen LogP contribution in [0.15, 0.2) is 41.7 Å². The molecule has 10 nitrogen and oxygen atoms in total. The molecular weight excluding hydrogens is 409 g/mol. The molecule has 4 N–H and O–H groups in total. The number of hydrogen-bond acceptors (Lipinski definition) is 6. The number of nitrogens with one attached hydrogen (secondary N) is 2. The van der Waals surface area contributed by atoms with Crippen molar-refractivity contribution >= 4 is 28.5 Å². The number of hydrogen-bond donors (Lipinski definition) is 3. The minimum absolute atomic E-state index is 0.0460. The first-order valence-corrected chi connectivity index (χ1v) is 8.13. The van der Waals surface area contributed by atoms with Gasteiger partial charge in [-0.2, -0.15) is 13.2 Å². The molecule has 0 radical (unpaired) electrons. The van der Waals surface area contributed by atoms with Crippen molar-refractivity contribution in [3.8, 4) is 11.5 Å². The van der Waals surface area contributed by atoms with Crippen LogP contribution in [-0.2, 0) is 6.18 Å². The summed E-state index contributed by atoms with van der Waals surface area (Å²) in [7, 11) is 1.33. The molecule has 13 heteroatoms. The summed E-state index contributed by atoms with van der Waals surface area (Å²) in [6.07, 6.45) is -2.68. The molecule has 30 heavy (non-hydrogen) atoms. The number of aromatic nitrogens is 2. The number of benzene rings is 1. The Hall–Kier alpha value is -4.16. The second-order valence-corrected chi connectivity index (χ2v) is 5.91. The Balaban J connectivity index is 2.05. The maximum Gasteiger partial charge on any atom is 0.417 e. The van der Waals surface area contributed by atoms with Crippen molar-refractivity contribution in [2.75, 3.05) is 7.05 Å². The van der Waals surface area contributed by atoms with E-state index in [4.69, 9.17) is 10.5 Å². The van der Waals surface area contributed by atoms with Gasteiger partial charge in [-0.3, -0.25) is 30.2 Å². The molecule has 0 bridgehead atoms. The molecule has 0 spiro atoms. The van der Waals surface area contributed by atoms with E-state index in [9.17, 15) is 28.1 Å². The van der Waals surface area contributed by atoms with Crippen molar-refractivity contribution < 1.29 is 27.6 Å². The number of nitrogens with two attached hydrogens (primary N) is 1. The monoisotopic (exact) mass is 422 g/mol. The number of pyridine rings is 1. The second-order valence-electron chi connectivity index (χ2n) is 5.91. The van der Waals surface area contributed by atoms with Crippen molar-refractivity contribution in [2.45, 2.75) is 6.18 Å². The first kappa shape index (κ1) is 20.6. The van der Waals surface area contributed by atoms with Gasteiger partial charge in [0.15, 0.2) is 11.7 Å². The zero-order valence-corrected chi connectivity index (χ0v) is 15.1. The van der Waals surface area contributed by atoms with Crippen LogP contribution in [0.1, 0.15) is 16.1 Å². The summed E-state index contributed by atoms with van der Waals surface area (Å²) < 4.78 is 46.1. The Morgan fingerprint density at radius 2 is 2.00 bits per heavy atom.